The maximum absolute atomic E-state index is 13.5. The van der Waals surface area contributed by atoms with E-state index in [4.69, 9.17) is 0 Å². The van der Waals surface area contributed by atoms with Crippen molar-refractivity contribution in [2.24, 2.45) is 5.92 Å². The van der Waals surface area contributed by atoms with Gasteiger partial charge in [0.1, 0.15) is 6.04 Å². The fourth-order valence-corrected chi connectivity index (χ4v) is 6.34. The zero-order valence-electron chi connectivity index (χ0n) is 20.8. The molecule has 3 aromatic rings. The second kappa shape index (κ2) is 9.85. The van der Waals surface area contributed by atoms with Gasteiger partial charge in [0.15, 0.2) is 0 Å². The number of hydrogen-bond acceptors (Lipinski definition) is 3. The van der Waals surface area contributed by atoms with Crippen LogP contribution in [0.1, 0.15) is 58.4 Å². The maximum atomic E-state index is 13.5. The summed E-state index contributed by atoms with van der Waals surface area (Å²) in [6.45, 7) is 0.673. The van der Waals surface area contributed by atoms with Crippen molar-refractivity contribution in [3.8, 4) is 0 Å². The van der Waals surface area contributed by atoms with E-state index in [9.17, 15) is 14.4 Å². The van der Waals surface area contributed by atoms with E-state index in [1.807, 2.05) is 58.3 Å². The molecule has 3 aliphatic rings. The molecule has 188 valence electrons. The average molecular weight is 494 g/mol. The number of likely N-dealkylation sites (tertiary alicyclic amines) is 1. The summed E-state index contributed by atoms with van der Waals surface area (Å²) in [7, 11) is 0. The summed E-state index contributed by atoms with van der Waals surface area (Å²) in [5.41, 5.74) is 3.99. The van der Waals surface area contributed by atoms with Gasteiger partial charge in [0.25, 0.3) is 11.8 Å². The fraction of sp³-hybridized carbons (Fsp3) is 0.323. The molecule has 6 heteroatoms. The number of hydrogen-bond donors (Lipinski definition) is 1. The molecule has 6 rings (SSSR count). The van der Waals surface area contributed by atoms with E-state index in [1.165, 1.54) is 5.56 Å². The molecule has 3 atom stereocenters. The Hall–Kier alpha value is -3.93. The molecule has 2 fully saturated rings. The minimum atomic E-state index is -0.497. The molecule has 1 aliphatic carbocycles. The third kappa shape index (κ3) is 4.41. The van der Waals surface area contributed by atoms with E-state index in [0.717, 1.165) is 37.8 Å². The molecule has 0 radical (unpaired) electrons. The molecule has 2 heterocycles. The SMILES string of the molecule is O=C(Nc1ccc(C(=O)N2CCc3ccccc32)cc1)C1CC2CCCCC2N1C(=O)c1ccccc1. The van der Waals surface area contributed by atoms with E-state index >= 15 is 0 Å². The molecule has 2 aliphatic heterocycles. The highest BCUT2D eigenvalue weighted by Gasteiger charge is 2.47. The van der Waals surface area contributed by atoms with Crippen LogP contribution in [-0.2, 0) is 11.2 Å². The molecule has 1 N–H and O–H groups in total. The Morgan fingerprint density at radius 2 is 1.46 bits per heavy atom. The minimum Gasteiger partial charge on any atom is -0.324 e. The number of carbonyl (C=O) groups is 3. The van der Waals surface area contributed by atoms with Crippen molar-refractivity contribution < 1.29 is 14.4 Å². The fourth-order valence-electron chi connectivity index (χ4n) is 6.34. The quantitative estimate of drug-likeness (QED) is 0.536. The summed E-state index contributed by atoms with van der Waals surface area (Å²) < 4.78 is 0. The summed E-state index contributed by atoms with van der Waals surface area (Å²) in [4.78, 5) is 43.8. The van der Waals surface area contributed by atoms with Crippen LogP contribution < -0.4 is 10.2 Å². The lowest BCUT2D eigenvalue weighted by Crippen LogP contribution is -2.47. The first-order chi connectivity index (χ1) is 18.1. The van der Waals surface area contributed by atoms with Gasteiger partial charge in [0.2, 0.25) is 5.91 Å². The molecule has 0 bridgehead atoms. The average Bonchev–Trinajstić information content (AvgIpc) is 3.55. The van der Waals surface area contributed by atoms with Crippen molar-refractivity contribution in [2.75, 3.05) is 16.8 Å². The summed E-state index contributed by atoms with van der Waals surface area (Å²) >= 11 is 0. The Balaban J connectivity index is 1.18. The number of amides is 3. The van der Waals surface area contributed by atoms with Crippen LogP contribution in [0.2, 0.25) is 0 Å². The lowest BCUT2D eigenvalue weighted by atomic mass is 9.84. The van der Waals surface area contributed by atoms with Crippen LogP contribution in [0.25, 0.3) is 0 Å². The number of para-hydroxylation sites is 1. The Labute approximate surface area is 217 Å². The molecule has 3 aromatic carbocycles. The second-order valence-electron chi connectivity index (χ2n) is 10.3. The predicted molar refractivity (Wildman–Crippen MR) is 144 cm³/mol. The standard InChI is InChI=1S/C31H31N3O3/c35-29(28-20-24-11-5-7-13-27(24)34(28)31(37)22-9-2-1-3-10-22)32-25-16-14-23(15-17-25)30(36)33-19-18-21-8-4-6-12-26(21)33/h1-4,6,8-10,12,14-17,24,27-28H,5,7,11,13,18-20H2,(H,32,35). The number of benzene rings is 3. The monoisotopic (exact) mass is 493 g/mol. The third-order valence-corrected chi connectivity index (χ3v) is 8.18. The number of nitrogens with one attached hydrogen (secondary N) is 1. The van der Waals surface area contributed by atoms with Gasteiger partial charge < -0.3 is 15.1 Å². The van der Waals surface area contributed by atoms with Crippen LogP contribution in [-0.4, -0.2) is 41.2 Å². The molecule has 1 saturated carbocycles. The first-order valence-electron chi connectivity index (χ1n) is 13.3. The highest BCUT2D eigenvalue weighted by molar-refractivity contribution is 6.08. The highest BCUT2D eigenvalue weighted by atomic mass is 16.2. The largest absolute Gasteiger partial charge is 0.324 e. The lowest BCUT2D eigenvalue weighted by Gasteiger charge is -2.33. The second-order valence-corrected chi connectivity index (χ2v) is 10.3. The number of fused-ring (bicyclic) bond motifs is 2. The number of nitrogens with zero attached hydrogens (tertiary/aromatic N) is 2. The molecule has 0 spiro atoms. The molecule has 3 unspecified atom stereocenters. The Bertz CT molecular complexity index is 1320. The Morgan fingerprint density at radius 3 is 2.27 bits per heavy atom. The van der Waals surface area contributed by atoms with Gasteiger partial charge in [-0.05, 0) is 79.6 Å². The summed E-state index contributed by atoms with van der Waals surface area (Å²) in [5.74, 6) is 0.0936. The van der Waals surface area contributed by atoms with E-state index in [-0.39, 0.29) is 23.8 Å². The molecule has 1 saturated heterocycles. The van der Waals surface area contributed by atoms with Crippen molar-refractivity contribution in [3.63, 3.8) is 0 Å². The van der Waals surface area contributed by atoms with Crippen LogP contribution in [0, 0.1) is 5.92 Å². The molecule has 6 nitrogen and oxygen atoms in total. The van der Waals surface area contributed by atoms with Crippen molar-refractivity contribution in [1.29, 1.82) is 0 Å². The lowest BCUT2D eigenvalue weighted by molar-refractivity contribution is -0.120. The van der Waals surface area contributed by atoms with Crippen molar-refractivity contribution in [3.05, 3.63) is 95.6 Å². The Morgan fingerprint density at radius 1 is 0.757 bits per heavy atom. The topological polar surface area (TPSA) is 69.7 Å². The van der Waals surface area contributed by atoms with E-state index in [1.54, 1.807) is 24.3 Å². The molecule has 0 aromatic heterocycles. The van der Waals surface area contributed by atoms with Crippen LogP contribution in [0.5, 0.6) is 0 Å². The summed E-state index contributed by atoms with van der Waals surface area (Å²) in [6.07, 6.45) is 5.80. The first-order valence-corrected chi connectivity index (χ1v) is 13.3. The third-order valence-electron chi connectivity index (χ3n) is 8.18. The molecular weight excluding hydrogens is 462 g/mol. The number of anilines is 2. The van der Waals surface area contributed by atoms with Gasteiger partial charge >= 0.3 is 0 Å². The van der Waals surface area contributed by atoms with E-state index in [2.05, 4.69) is 11.4 Å². The normalized spacial score (nSPS) is 22.3. The van der Waals surface area contributed by atoms with Crippen molar-refractivity contribution in [2.45, 2.75) is 50.6 Å². The Kier molecular flexibility index (Phi) is 6.25. The van der Waals surface area contributed by atoms with Gasteiger partial charge in [-0.25, -0.2) is 0 Å². The van der Waals surface area contributed by atoms with Gasteiger partial charge in [-0.3, -0.25) is 14.4 Å². The van der Waals surface area contributed by atoms with E-state index < -0.39 is 6.04 Å². The van der Waals surface area contributed by atoms with Crippen molar-refractivity contribution in [1.82, 2.24) is 4.90 Å². The summed E-state index contributed by atoms with van der Waals surface area (Å²) in [6, 6.07) is 23.9. The maximum Gasteiger partial charge on any atom is 0.258 e. The number of rotatable bonds is 4. The first kappa shape index (κ1) is 23.5. The zero-order valence-corrected chi connectivity index (χ0v) is 20.8. The van der Waals surface area contributed by atoms with Gasteiger partial charge in [-0.15, -0.1) is 0 Å². The van der Waals surface area contributed by atoms with Crippen LogP contribution >= 0.6 is 0 Å². The zero-order chi connectivity index (χ0) is 25.4. The number of carbonyl (C=O) groups excluding carboxylic acids is 3. The van der Waals surface area contributed by atoms with Gasteiger partial charge in [-0.2, -0.15) is 0 Å². The minimum absolute atomic E-state index is 0.0395. The molecule has 3 amide bonds. The van der Waals surface area contributed by atoms with Crippen molar-refractivity contribution >= 4 is 29.1 Å². The summed E-state index contributed by atoms with van der Waals surface area (Å²) in [5, 5.41) is 3.02. The predicted octanol–water partition coefficient (Wildman–Crippen LogP) is 5.30. The van der Waals surface area contributed by atoms with Gasteiger partial charge in [-0.1, -0.05) is 49.2 Å². The molecule has 37 heavy (non-hydrogen) atoms. The smallest absolute Gasteiger partial charge is 0.258 e. The van der Waals surface area contributed by atoms with Crippen LogP contribution in [0.15, 0.2) is 78.9 Å². The van der Waals surface area contributed by atoms with Gasteiger partial charge in [0, 0.05) is 35.1 Å². The van der Waals surface area contributed by atoms with E-state index in [0.29, 0.717) is 35.7 Å². The van der Waals surface area contributed by atoms with Crippen LogP contribution in [0.4, 0.5) is 11.4 Å². The van der Waals surface area contributed by atoms with Crippen LogP contribution in [0.3, 0.4) is 0 Å². The van der Waals surface area contributed by atoms with Gasteiger partial charge in [0.05, 0.1) is 0 Å². The highest BCUT2D eigenvalue weighted by Crippen LogP contribution is 2.41. The molecular formula is C31H31N3O3.